The second kappa shape index (κ2) is 7.53. The number of benzene rings is 2. The average Bonchev–Trinajstić information content (AvgIpc) is 3.30. The molecule has 2 aromatic rings. The van der Waals surface area contributed by atoms with Crippen molar-refractivity contribution in [2.75, 3.05) is 24.0 Å². The standard InChI is InChI=1S/C28H26N2O6/c1-14-13-28(2)22-20(24(31)29(26(22)33)15-5-9-17(35-3)10-6-15)19(14)21-23(28)27(34)30(25(21)32)16-7-11-18(36-4)12-8-16/h5-13,19-23H,1-4H3/t19?,20-,21-,22+,23+,28?/m0/s1. The van der Waals surface area contributed by atoms with E-state index in [-0.39, 0.29) is 23.6 Å². The van der Waals surface area contributed by atoms with Crippen LogP contribution in [0.1, 0.15) is 13.8 Å². The van der Waals surface area contributed by atoms with Crippen LogP contribution in [-0.4, -0.2) is 37.8 Å². The van der Waals surface area contributed by atoms with Gasteiger partial charge in [0.1, 0.15) is 11.5 Å². The van der Waals surface area contributed by atoms with E-state index in [2.05, 4.69) is 0 Å². The fourth-order valence-electron chi connectivity index (χ4n) is 7.13. The van der Waals surface area contributed by atoms with Gasteiger partial charge in [0.15, 0.2) is 0 Å². The summed E-state index contributed by atoms with van der Waals surface area (Å²) in [4.78, 5) is 57.7. The molecule has 36 heavy (non-hydrogen) atoms. The van der Waals surface area contributed by atoms with Gasteiger partial charge in [-0.1, -0.05) is 18.6 Å². The lowest BCUT2D eigenvalue weighted by molar-refractivity contribution is -0.146. The Balaban J connectivity index is 1.42. The van der Waals surface area contributed by atoms with E-state index < -0.39 is 35.0 Å². The highest BCUT2D eigenvalue weighted by atomic mass is 16.5. The van der Waals surface area contributed by atoms with Gasteiger partial charge in [0.25, 0.3) is 0 Å². The van der Waals surface area contributed by atoms with E-state index in [4.69, 9.17) is 9.47 Å². The Kier molecular flexibility index (Phi) is 4.71. The van der Waals surface area contributed by atoms with Crippen LogP contribution in [0.25, 0.3) is 0 Å². The monoisotopic (exact) mass is 486 g/mol. The summed E-state index contributed by atoms with van der Waals surface area (Å²) in [6, 6.07) is 13.5. The summed E-state index contributed by atoms with van der Waals surface area (Å²) in [5.74, 6) is -3.38. The fraction of sp³-hybridized carbons (Fsp3) is 0.357. The molecule has 8 nitrogen and oxygen atoms in total. The molecule has 0 N–H and O–H groups in total. The van der Waals surface area contributed by atoms with Crippen LogP contribution >= 0.6 is 0 Å². The van der Waals surface area contributed by atoms with E-state index in [1.54, 1.807) is 62.8 Å². The number of carbonyl (C=O) groups is 4. The normalized spacial score (nSPS) is 32.6. The second-order valence-electron chi connectivity index (χ2n) is 10.2. The topological polar surface area (TPSA) is 93.2 Å². The largest absolute Gasteiger partial charge is 0.497 e. The third-order valence-corrected chi connectivity index (χ3v) is 8.54. The fourth-order valence-corrected chi connectivity index (χ4v) is 7.13. The van der Waals surface area contributed by atoms with Crippen LogP contribution in [0.4, 0.5) is 11.4 Å². The number of allylic oxidation sites excluding steroid dienone is 2. The van der Waals surface area contributed by atoms with Gasteiger partial charge in [0.05, 0.1) is 49.3 Å². The van der Waals surface area contributed by atoms with Crippen molar-refractivity contribution in [3.8, 4) is 11.5 Å². The lowest BCUT2D eigenvalue weighted by Gasteiger charge is -2.53. The van der Waals surface area contributed by atoms with Crippen LogP contribution in [0, 0.1) is 35.0 Å². The van der Waals surface area contributed by atoms with Gasteiger partial charge < -0.3 is 9.47 Å². The minimum absolute atomic E-state index is 0.319. The van der Waals surface area contributed by atoms with Gasteiger partial charge in [-0.25, -0.2) is 0 Å². The number of hydrogen-bond acceptors (Lipinski definition) is 6. The van der Waals surface area contributed by atoms with Gasteiger partial charge in [-0.15, -0.1) is 0 Å². The molecular formula is C28H26N2O6. The number of imide groups is 2. The van der Waals surface area contributed by atoms with Crippen LogP contribution in [0.15, 0.2) is 60.2 Å². The summed E-state index contributed by atoms with van der Waals surface area (Å²) in [7, 11) is 3.09. The maximum atomic E-state index is 13.8. The number of amides is 4. The van der Waals surface area contributed by atoms with Crippen molar-refractivity contribution in [2.24, 2.45) is 35.0 Å². The molecule has 5 aliphatic rings. The smallest absolute Gasteiger partial charge is 0.238 e. The Morgan fingerprint density at radius 1 is 0.639 bits per heavy atom. The number of hydrogen-bond donors (Lipinski definition) is 0. The predicted molar refractivity (Wildman–Crippen MR) is 130 cm³/mol. The van der Waals surface area contributed by atoms with E-state index in [0.717, 1.165) is 5.57 Å². The molecule has 2 heterocycles. The second-order valence-corrected chi connectivity index (χ2v) is 10.2. The molecule has 184 valence electrons. The molecule has 3 aliphatic carbocycles. The first-order valence-corrected chi connectivity index (χ1v) is 12.0. The predicted octanol–water partition coefficient (Wildman–Crippen LogP) is 3.21. The minimum atomic E-state index is -0.962. The lowest BCUT2D eigenvalue weighted by atomic mass is 9.46. The van der Waals surface area contributed by atoms with Crippen molar-refractivity contribution in [3.05, 3.63) is 60.2 Å². The van der Waals surface area contributed by atoms with E-state index in [1.807, 2.05) is 19.9 Å². The number of methoxy groups -OCH3 is 2. The third-order valence-electron chi connectivity index (χ3n) is 8.54. The molecule has 0 radical (unpaired) electrons. The van der Waals surface area contributed by atoms with Crippen LogP contribution in [-0.2, 0) is 19.2 Å². The summed E-state index contributed by atoms with van der Waals surface area (Å²) in [5, 5.41) is 0. The Labute approximate surface area is 208 Å². The van der Waals surface area contributed by atoms with Gasteiger partial charge in [-0.3, -0.25) is 29.0 Å². The third kappa shape index (κ3) is 2.69. The highest BCUT2D eigenvalue weighted by molar-refractivity contribution is 6.26. The van der Waals surface area contributed by atoms with Gasteiger partial charge in [-0.05, 0) is 55.5 Å². The lowest BCUT2D eigenvalue weighted by Crippen LogP contribution is -2.57. The average molecular weight is 487 g/mol. The van der Waals surface area contributed by atoms with Crippen molar-refractivity contribution in [2.45, 2.75) is 13.8 Å². The summed E-state index contributed by atoms with van der Waals surface area (Å²) in [5.41, 5.74) is 0.846. The minimum Gasteiger partial charge on any atom is -0.497 e. The molecule has 0 spiro atoms. The number of ether oxygens (including phenoxy) is 2. The molecule has 4 amide bonds. The first-order chi connectivity index (χ1) is 17.2. The first-order valence-electron chi connectivity index (χ1n) is 12.0. The molecule has 2 saturated heterocycles. The number of rotatable bonds is 4. The Morgan fingerprint density at radius 3 is 1.39 bits per heavy atom. The molecule has 0 aromatic heterocycles. The van der Waals surface area contributed by atoms with Crippen molar-refractivity contribution in [1.82, 2.24) is 0 Å². The molecule has 2 aromatic carbocycles. The zero-order valence-electron chi connectivity index (χ0n) is 20.4. The Bertz CT molecular complexity index is 1250. The number of anilines is 2. The maximum absolute atomic E-state index is 13.8. The zero-order chi connectivity index (χ0) is 25.5. The van der Waals surface area contributed by atoms with Crippen LogP contribution < -0.4 is 19.3 Å². The molecule has 2 aliphatic heterocycles. The number of carbonyl (C=O) groups excluding carboxylic acids is 4. The summed E-state index contributed by atoms with van der Waals surface area (Å²) < 4.78 is 10.4. The Morgan fingerprint density at radius 2 is 1.03 bits per heavy atom. The van der Waals surface area contributed by atoms with E-state index in [0.29, 0.717) is 22.9 Å². The maximum Gasteiger partial charge on any atom is 0.238 e. The van der Waals surface area contributed by atoms with E-state index in [1.165, 1.54) is 9.80 Å². The van der Waals surface area contributed by atoms with Gasteiger partial charge in [-0.2, -0.15) is 0 Å². The molecule has 1 saturated carbocycles. The van der Waals surface area contributed by atoms with Crippen molar-refractivity contribution >= 4 is 35.0 Å². The molecule has 7 rings (SSSR count). The summed E-state index contributed by atoms with van der Waals surface area (Å²) in [6.07, 6.45) is 1.96. The highest BCUT2D eigenvalue weighted by Crippen LogP contribution is 2.66. The molecule has 4 atom stereocenters. The molecule has 2 bridgehead atoms. The van der Waals surface area contributed by atoms with Gasteiger partial charge in [0, 0.05) is 11.3 Å². The van der Waals surface area contributed by atoms with E-state index in [9.17, 15) is 19.2 Å². The van der Waals surface area contributed by atoms with Gasteiger partial charge >= 0.3 is 0 Å². The van der Waals surface area contributed by atoms with Crippen molar-refractivity contribution < 1.29 is 28.7 Å². The van der Waals surface area contributed by atoms with Crippen molar-refractivity contribution in [3.63, 3.8) is 0 Å². The SMILES string of the molecule is COc1ccc(N2C(=O)[C@H]3C4C(C)=CC(C)([C@H]3C2=O)[C@H]2C(=O)N(c3ccc(OC)cc3)C(=O)[C@@H]42)cc1. The summed E-state index contributed by atoms with van der Waals surface area (Å²) in [6.45, 7) is 3.75. The van der Waals surface area contributed by atoms with Crippen LogP contribution in [0.3, 0.4) is 0 Å². The quantitative estimate of drug-likeness (QED) is 0.487. The van der Waals surface area contributed by atoms with E-state index >= 15 is 0 Å². The molecular weight excluding hydrogens is 460 g/mol. The first kappa shape index (κ1) is 22.5. The van der Waals surface area contributed by atoms with Crippen LogP contribution in [0.5, 0.6) is 11.5 Å². The molecule has 3 fully saturated rings. The zero-order valence-corrected chi connectivity index (χ0v) is 20.4. The van der Waals surface area contributed by atoms with Crippen molar-refractivity contribution in [1.29, 1.82) is 0 Å². The molecule has 8 heteroatoms. The molecule has 0 unspecified atom stereocenters. The van der Waals surface area contributed by atoms with Gasteiger partial charge in [0.2, 0.25) is 23.6 Å². The highest BCUT2D eigenvalue weighted by Gasteiger charge is 2.74. The van der Waals surface area contributed by atoms with Crippen LogP contribution in [0.2, 0.25) is 0 Å². The number of nitrogens with zero attached hydrogens (tertiary/aromatic N) is 2. The Hall–Kier alpha value is -3.94. The summed E-state index contributed by atoms with van der Waals surface area (Å²) >= 11 is 0.